The van der Waals surface area contributed by atoms with Crippen molar-refractivity contribution in [1.82, 2.24) is 0 Å². The molecular weight excluding hydrogens is 234 g/mol. The second-order valence-corrected chi connectivity index (χ2v) is 7.20. The predicted octanol–water partition coefficient (Wildman–Crippen LogP) is 4.37. The normalized spacial score (nSPS) is 17.1. The molecule has 0 saturated heterocycles. The second kappa shape index (κ2) is 6.67. The number of thiophene rings is 1. The highest BCUT2D eigenvalue weighted by atomic mass is 32.2. The van der Waals surface area contributed by atoms with Crippen molar-refractivity contribution >= 4 is 23.1 Å². The fourth-order valence-corrected chi connectivity index (χ4v) is 4.09. The molecule has 0 radical (unpaired) electrons. The van der Waals surface area contributed by atoms with Crippen molar-refractivity contribution in [2.24, 2.45) is 5.73 Å². The van der Waals surface area contributed by atoms with E-state index in [-0.39, 0.29) is 6.04 Å². The summed E-state index contributed by atoms with van der Waals surface area (Å²) >= 11 is 3.92. The summed E-state index contributed by atoms with van der Waals surface area (Å²) in [6.07, 6.45) is 2.26. The van der Waals surface area contributed by atoms with Gasteiger partial charge in [0, 0.05) is 21.0 Å². The van der Waals surface area contributed by atoms with E-state index >= 15 is 0 Å². The Bertz CT molecular complexity index is 309. The number of hydrogen-bond donors (Lipinski definition) is 1. The molecule has 1 nitrogen and oxygen atoms in total. The molecular formula is C13H23NS2. The summed E-state index contributed by atoms with van der Waals surface area (Å²) in [5.74, 6) is 0. The third-order valence-corrected chi connectivity index (χ3v) is 5.78. The first-order chi connectivity index (χ1) is 7.58. The highest BCUT2D eigenvalue weighted by Crippen LogP contribution is 2.39. The zero-order chi connectivity index (χ0) is 12.1. The topological polar surface area (TPSA) is 26.0 Å². The monoisotopic (exact) mass is 257 g/mol. The minimum absolute atomic E-state index is 0.275. The molecule has 3 atom stereocenters. The van der Waals surface area contributed by atoms with Gasteiger partial charge in [-0.2, -0.15) is 0 Å². The Labute approximate surface area is 108 Å². The number of hydrogen-bond acceptors (Lipinski definition) is 3. The molecule has 1 aromatic rings. The summed E-state index contributed by atoms with van der Waals surface area (Å²) in [6.45, 7) is 8.87. The first-order valence-electron chi connectivity index (χ1n) is 6.05. The zero-order valence-corrected chi connectivity index (χ0v) is 12.3. The van der Waals surface area contributed by atoms with Crippen LogP contribution in [0.1, 0.15) is 48.6 Å². The van der Waals surface area contributed by atoms with Crippen molar-refractivity contribution in [3.8, 4) is 0 Å². The van der Waals surface area contributed by atoms with Crippen LogP contribution in [0.25, 0.3) is 0 Å². The Morgan fingerprint density at radius 3 is 2.44 bits per heavy atom. The van der Waals surface area contributed by atoms with Gasteiger partial charge in [-0.15, -0.1) is 23.1 Å². The molecule has 1 heterocycles. The fraction of sp³-hybridized carbons (Fsp3) is 0.692. The Morgan fingerprint density at radius 1 is 1.31 bits per heavy atom. The van der Waals surface area contributed by atoms with E-state index in [0.717, 1.165) is 6.42 Å². The lowest BCUT2D eigenvalue weighted by Gasteiger charge is -2.24. The predicted molar refractivity (Wildman–Crippen MR) is 77.4 cm³/mol. The quantitative estimate of drug-likeness (QED) is 0.819. The Morgan fingerprint density at radius 2 is 2.00 bits per heavy atom. The van der Waals surface area contributed by atoms with Crippen LogP contribution in [0.3, 0.4) is 0 Å². The molecule has 0 aromatic carbocycles. The van der Waals surface area contributed by atoms with E-state index in [4.69, 9.17) is 5.73 Å². The van der Waals surface area contributed by atoms with Gasteiger partial charge in [0.1, 0.15) is 0 Å². The third-order valence-electron chi connectivity index (χ3n) is 2.86. The summed E-state index contributed by atoms with van der Waals surface area (Å²) in [7, 11) is 0. The molecule has 0 spiro atoms. The molecule has 0 bridgehead atoms. The molecule has 3 heteroatoms. The lowest BCUT2D eigenvalue weighted by molar-refractivity contribution is 0.637. The van der Waals surface area contributed by atoms with E-state index in [1.165, 1.54) is 16.2 Å². The molecule has 2 N–H and O–H groups in total. The second-order valence-electron chi connectivity index (χ2n) is 4.30. The lowest BCUT2D eigenvalue weighted by Crippen LogP contribution is -2.26. The summed E-state index contributed by atoms with van der Waals surface area (Å²) in [5.41, 5.74) is 6.25. The standard InChI is InChI=1S/C13H23NS2/c1-5-9(3)16-13(11(14)6-2)12-8-7-10(4)15-12/h7-9,11,13H,5-6,14H2,1-4H3. The van der Waals surface area contributed by atoms with Crippen LogP contribution in [0, 0.1) is 6.92 Å². The van der Waals surface area contributed by atoms with E-state index in [0.29, 0.717) is 10.5 Å². The van der Waals surface area contributed by atoms with Gasteiger partial charge in [-0.1, -0.05) is 20.8 Å². The van der Waals surface area contributed by atoms with Crippen LogP contribution < -0.4 is 5.73 Å². The molecule has 16 heavy (non-hydrogen) atoms. The van der Waals surface area contributed by atoms with Gasteiger partial charge in [0.2, 0.25) is 0 Å². The largest absolute Gasteiger partial charge is 0.326 e. The Balaban J connectivity index is 2.78. The minimum Gasteiger partial charge on any atom is -0.326 e. The highest BCUT2D eigenvalue weighted by molar-refractivity contribution is 8.00. The van der Waals surface area contributed by atoms with Crippen molar-refractivity contribution in [3.63, 3.8) is 0 Å². The molecule has 0 amide bonds. The van der Waals surface area contributed by atoms with Gasteiger partial charge in [0.25, 0.3) is 0 Å². The van der Waals surface area contributed by atoms with Crippen LogP contribution >= 0.6 is 23.1 Å². The number of rotatable bonds is 6. The van der Waals surface area contributed by atoms with Crippen LogP contribution in [-0.4, -0.2) is 11.3 Å². The number of aryl methyl sites for hydroxylation is 1. The molecule has 92 valence electrons. The Hall–Kier alpha value is 0.01000. The highest BCUT2D eigenvalue weighted by Gasteiger charge is 2.22. The van der Waals surface area contributed by atoms with E-state index < -0.39 is 0 Å². The van der Waals surface area contributed by atoms with Crippen LogP contribution in [0.5, 0.6) is 0 Å². The van der Waals surface area contributed by atoms with Gasteiger partial charge < -0.3 is 5.73 Å². The van der Waals surface area contributed by atoms with Gasteiger partial charge in [0.15, 0.2) is 0 Å². The van der Waals surface area contributed by atoms with E-state index in [1.807, 2.05) is 23.1 Å². The maximum absolute atomic E-state index is 6.25. The first kappa shape index (κ1) is 14.1. The molecule has 0 fully saturated rings. The summed E-state index contributed by atoms with van der Waals surface area (Å²) in [4.78, 5) is 2.82. The van der Waals surface area contributed by atoms with E-state index in [9.17, 15) is 0 Å². The van der Waals surface area contributed by atoms with Crippen molar-refractivity contribution in [1.29, 1.82) is 0 Å². The Kier molecular flexibility index (Phi) is 5.87. The lowest BCUT2D eigenvalue weighted by atomic mass is 10.1. The molecule has 0 saturated carbocycles. The third kappa shape index (κ3) is 3.79. The fourth-order valence-electron chi connectivity index (χ4n) is 1.55. The molecule has 0 aliphatic heterocycles. The van der Waals surface area contributed by atoms with Crippen molar-refractivity contribution in [2.45, 2.75) is 57.1 Å². The van der Waals surface area contributed by atoms with Crippen LogP contribution in [-0.2, 0) is 0 Å². The maximum Gasteiger partial charge on any atom is 0.0544 e. The first-order valence-corrected chi connectivity index (χ1v) is 7.81. The number of thioether (sulfide) groups is 1. The molecule has 1 rings (SSSR count). The number of nitrogens with two attached hydrogens (primary N) is 1. The molecule has 3 unspecified atom stereocenters. The average molecular weight is 257 g/mol. The van der Waals surface area contributed by atoms with Gasteiger partial charge >= 0.3 is 0 Å². The van der Waals surface area contributed by atoms with E-state index in [1.54, 1.807) is 0 Å². The smallest absolute Gasteiger partial charge is 0.0544 e. The van der Waals surface area contributed by atoms with Gasteiger partial charge in [-0.05, 0) is 31.9 Å². The van der Waals surface area contributed by atoms with Crippen LogP contribution in [0.4, 0.5) is 0 Å². The summed E-state index contributed by atoms with van der Waals surface area (Å²) in [5, 5.41) is 1.16. The van der Waals surface area contributed by atoms with Crippen LogP contribution in [0.15, 0.2) is 12.1 Å². The van der Waals surface area contributed by atoms with Gasteiger partial charge in [-0.3, -0.25) is 0 Å². The molecule has 0 aliphatic rings. The van der Waals surface area contributed by atoms with Gasteiger partial charge in [0.05, 0.1) is 5.25 Å². The average Bonchev–Trinajstić information content (AvgIpc) is 2.71. The van der Waals surface area contributed by atoms with Gasteiger partial charge in [-0.25, -0.2) is 0 Å². The van der Waals surface area contributed by atoms with Crippen molar-refractivity contribution < 1.29 is 0 Å². The van der Waals surface area contributed by atoms with Crippen LogP contribution in [0.2, 0.25) is 0 Å². The molecule has 0 aliphatic carbocycles. The minimum atomic E-state index is 0.275. The summed E-state index contributed by atoms with van der Waals surface area (Å²) in [6, 6.07) is 4.72. The SMILES string of the molecule is CCC(C)SC(c1ccc(C)s1)C(N)CC. The van der Waals surface area contributed by atoms with Crippen molar-refractivity contribution in [2.75, 3.05) is 0 Å². The van der Waals surface area contributed by atoms with Crippen molar-refractivity contribution in [3.05, 3.63) is 21.9 Å². The maximum atomic E-state index is 6.25. The summed E-state index contributed by atoms with van der Waals surface area (Å²) < 4.78 is 0. The molecule has 1 aromatic heterocycles. The van der Waals surface area contributed by atoms with E-state index in [2.05, 4.69) is 39.8 Å². The zero-order valence-electron chi connectivity index (χ0n) is 10.7.